The average Bonchev–Trinajstić information content (AvgIpc) is 2.92. The summed E-state index contributed by atoms with van der Waals surface area (Å²) in [5.74, 6) is -0.125. The molecule has 3 rings (SSSR count). The monoisotopic (exact) mass is 345 g/mol. The van der Waals surface area contributed by atoms with Crippen molar-refractivity contribution in [3.8, 4) is 5.69 Å². The number of hydrogen-bond donors (Lipinski definition) is 0. The highest BCUT2D eigenvalue weighted by atomic mass is 35.5. The third-order valence-electron chi connectivity index (χ3n) is 3.48. The van der Waals surface area contributed by atoms with Crippen LogP contribution in [0.15, 0.2) is 30.5 Å². The second-order valence-electron chi connectivity index (χ2n) is 5.23. The van der Waals surface area contributed by atoms with Gasteiger partial charge in [-0.05, 0) is 38.1 Å². The predicted octanol–water partition coefficient (Wildman–Crippen LogP) is 2.89. The van der Waals surface area contributed by atoms with Gasteiger partial charge in [0, 0.05) is 6.20 Å². The minimum atomic E-state index is -0.520. The number of Topliss-reactive ketones (excluding diaryl/α,β-unsaturated/α-hetero) is 1. The minimum absolute atomic E-state index is 0.0215. The molecule has 0 aliphatic rings. The van der Waals surface area contributed by atoms with Gasteiger partial charge in [0.1, 0.15) is 11.6 Å². The van der Waals surface area contributed by atoms with E-state index >= 15 is 0 Å². The Labute approximate surface area is 142 Å². The molecule has 2 aromatic heterocycles. The van der Waals surface area contributed by atoms with Gasteiger partial charge < -0.3 is 0 Å². The molecule has 6 nitrogen and oxygen atoms in total. The summed E-state index contributed by atoms with van der Waals surface area (Å²) in [4.78, 5) is 20.7. The van der Waals surface area contributed by atoms with E-state index in [1.807, 2.05) is 0 Å². The number of aryl methyl sites for hydroxylation is 1. The lowest BCUT2D eigenvalue weighted by molar-refractivity contribution is 0.0986. The fraction of sp³-hybridized carbons (Fsp3) is 0.188. The van der Waals surface area contributed by atoms with Gasteiger partial charge >= 0.3 is 0 Å². The Morgan fingerprint density at radius 2 is 2.08 bits per heavy atom. The van der Waals surface area contributed by atoms with Crippen LogP contribution in [0.5, 0.6) is 0 Å². The number of carbonyl (C=O) groups excluding carboxylic acids is 1. The van der Waals surface area contributed by atoms with Gasteiger partial charge in [0.2, 0.25) is 0 Å². The molecule has 0 spiro atoms. The summed E-state index contributed by atoms with van der Waals surface area (Å²) in [6.07, 6.45) is 1.71. The highest BCUT2D eigenvalue weighted by molar-refractivity contribution is 6.30. The molecule has 24 heavy (non-hydrogen) atoms. The summed E-state index contributed by atoms with van der Waals surface area (Å²) in [5.41, 5.74) is 1.94. The quantitative estimate of drug-likeness (QED) is 0.680. The van der Waals surface area contributed by atoms with E-state index in [0.29, 0.717) is 22.9 Å². The van der Waals surface area contributed by atoms with Gasteiger partial charge in [-0.1, -0.05) is 16.8 Å². The van der Waals surface area contributed by atoms with Gasteiger partial charge in [0.05, 0.1) is 28.5 Å². The van der Waals surface area contributed by atoms with Crippen LogP contribution < -0.4 is 0 Å². The Kier molecular flexibility index (Phi) is 4.35. The zero-order chi connectivity index (χ0) is 17.3. The smallest absolute Gasteiger partial charge is 0.190 e. The van der Waals surface area contributed by atoms with Crippen LogP contribution in [0.25, 0.3) is 5.69 Å². The largest absolute Gasteiger partial charge is 0.292 e. The van der Waals surface area contributed by atoms with Gasteiger partial charge in [-0.3, -0.25) is 4.79 Å². The van der Waals surface area contributed by atoms with E-state index in [9.17, 15) is 9.18 Å². The second-order valence-corrected chi connectivity index (χ2v) is 5.64. The molecular formula is C16H13ClFN5O. The molecule has 1 aromatic carbocycles. The highest BCUT2D eigenvalue weighted by Gasteiger charge is 2.18. The summed E-state index contributed by atoms with van der Waals surface area (Å²) in [6.45, 7) is 3.48. The first kappa shape index (κ1) is 16.2. The van der Waals surface area contributed by atoms with Crippen LogP contribution in [-0.4, -0.2) is 30.7 Å². The fourth-order valence-electron chi connectivity index (χ4n) is 2.30. The molecule has 0 N–H and O–H groups in total. The number of halogens is 2. The van der Waals surface area contributed by atoms with Crippen LogP contribution in [0.3, 0.4) is 0 Å². The van der Waals surface area contributed by atoms with E-state index in [1.165, 1.54) is 22.9 Å². The molecule has 0 unspecified atom stereocenters. The zero-order valence-electron chi connectivity index (χ0n) is 13.0. The van der Waals surface area contributed by atoms with Crippen molar-refractivity contribution < 1.29 is 9.18 Å². The predicted molar refractivity (Wildman–Crippen MR) is 85.9 cm³/mol. The van der Waals surface area contributed by atoms with Crippen LogP contribution in [0.1, 0.15) is 27.7 Å². The number of hydrogen-bond acceptors (Lipinski definition) is 5. The maximum atomic E-state index is 13.3. The minimum Gasteiger partial charge on any atom is -0.292 e. The number of rotatable bonds is 4. The molecule has 0 saturated carbocycles. The highest BCUT2D eigenvalue weighted by Crippen LogP contribution is 2.20. The lowest BCUT2D eigenvalue weighted by Gasteiger charge is -2.05. The van der Waals surface area contributed by atoms with Gasteiger partial charge in [-0.2, -0.15) is 0 Å². The molecule has 0 radical (unpaired) electrons. The number of aromatic nitrogens is 5. The first-order chi connectivity index (χ1) is 11.5. The molecule has 0 aliphatic heterocycles. The maximum Gasteiger partial charge on any atom is 0.190 e. The van der Waals surface area contributed by atoms with Gasteiger partial charge in [0.15, 0.2) is 11.5 Å². The van der Waals surface area contributed by atoms with Crippen LogP contribution in [0.4, 0.5) is 4.39 Å². The van der Waals surface area contributed by atoms with Gasteiger partial charge in [-0.25, -0.2) is 19.0 Å². The molecule has 0 bridgehead atoms. The van der Waals surface area contributed by atoms with Crippen LogP contribution >= 0.6 is 11.6 Å². The van der Waals surface area contributed by atoms with Crippen molar-refractivity contribution in [3.05, 3.63) is 64.2 Å². The Morgan fingerprint density at radius 1 is 1.29 bits per heavy atom. The van der Waals surface area contributed by atoms with Gasteiger partial charge in [0.25, 0.3) is 0 Å². The summed E-state index contributed by atoms with van der Waals surface area (Å²) in [7, 11) is 0. The normalized spacial score (nSPS) is 10.8. The van der Waals surface area contributed by atoms with E-state index in [1.54, 1.807) is 26.1 Å². The number of benzene rings is 1. The van der Waals surface area contributed by atoms with Crippen molar-refractivity contribution in [1.82, 2.24) is 25.0 Å². The van der Waals surface area contributed by atoms with Crippen molar-refractivity contribution in [2.24, 2.45) is 0 Å². The molecular weight excluding hydrogens is 333 g/mol. The topological polar surface area (TPSA) is 73.6 Å². The number of ketones is 1. The third-order valence-corrected chi connectivity index (χ3v) is 3.77. The summed E-state index contributed by atoms with van der Waals surface area (Å²) in [6, 6.07) is 5.87. The summed E-state index contributed by atoms with van der Waals surface area (Å²) in [5, 5.41) is 7.89. The second kappa shape index (κ2) is 6.45. The van der Waals surface area contributed by atoms with E-state index in [0.717, 1.165) is 0 Å². The Hall–Kier alpha value is -2.67. The molecule has 0 fully saturated rings. The van der Waals surface area contributed by atoms with Crippen molar-refractivity contribution in [3.63, 3.8) is 0 Å². The van der Waals surface area contributed by atoms with Crippen molar-refractivity contribution in [2.45, 2.75) is 20.3 Å². The number of carbonyl (C=O) groups is 1. The third kappa shape index (κ3) is 3.16. The molecule has 0 amide bonds. The lowest BCUT2D eigenvalue weighted by Crippen LogP contribution is -2.09. The first-order valence-corrected chi connectivity index (χ1v) is 7.53. The van der Waals surface area contributed by atoms with Crippen LogP contribution in [0, 0.1) is 19.7 Å². The number of nitrogens with zero attached hydrogens (tertiary/aromatic N) is 5. The lowest BCUT2D eigenvalue weighted by atomic mass is 10.1. The van der Waals surface area contributed by atoms with E-state index in [-0.39, 0.29) is 22.9 Å². The Bertz CT molecular complexity index is 925. The fourth-order valence-corrected chi connectivity index (χ4v) is 2.48. The molecule has 2 heterocycles. The van der Waals surface area contributed by atoms with Crippen LogP contribution in [-0.2, 0) is 6.42 Å². The molecule has 122 valence electrons. The van der Waals surface area contributed by atoms with Crippen molar-refractivity contribution in [1.29, 1.82) is 0 Å². The summed E-state index contributed by atoms with van der Waals surface area (Å²) < 4.78 is 14.7. The Morgan fingerprint density at radius 3 is 2.79 bits per heavy atom. The molecule has 0 atom stereocenters. The SMILES string of the molecule is Cc1nccc(CC(=O)c2nnn(-c3ccc(F)c(Cl)c3)c2C)n1. The van der Waals surface area contributed by atoms with Crippen molar-refractivity contribution in [2.75, 3.05) is 0 Å². The van der Waals surface area contributed by atoms with E-state index < -0.39 is 5.82 Å². The molecule has 0 aliphatic carbocycles. The molecule has 0 saturated heterocycles. The summed E-state index contributed by atoms with van der Waals surface area (Å²) >= 11 is 5.79. The van der Waals surface area contributed by atoms with E-state index in [4.69, 9.17) is 11.6 Å². The maximum absolute atomic E-state index is 13.3. The average molecular weight is 346 g/mol. The van der Waals surface area contributed by atoms with Crippen molar-refractivity contribution >= 4 is 17.4 Å². The molecule has 8 heteroatoms. The zero-order valence-corrected chi connectivity index (χ0v) is 13.8. The van der Waals surface area contributed by atoms with Gasteiger partial charge in [-0.15, -0.1) is 5.10 Å². The first-order valence-electron chi connectivity index (χ1n) is 7.15. The molecule has 3 aromatic rings. The van der Waals surface area contributed by atoms with E-state index in [2.05, 4.69) is 20.3 Å². The van der Waals surface area contributed by atoms with Crippen LogP contribution in [0.2, 0.25) is 5.02 Å². The Balaban J connectivity index is 1.89. The standard InChI is InChI=1S/C16H13ClFN5O/c1-9-16(15(24)7-11-5-6-19-10(2)20-11)21-22-23(9)12-3-4-14(18)13(17)8-12/h3-6,8H,7H2,1-2H3.